The molecule has 0 atom stereocenters. The van der Waals surface area contributed by atoms with Crippen LogP contribution in [-0.4, -0.2) is 11.6 Å². The number of hydrogen-bond acceptors (Lipinski definition) is 3. The average Bonchev–Trinajstić information content (AvgIpc) is 2.59. The fraction of sp³-hybridized carbons (Fsp3) is 0.200. The van der Waals surface area contributed by atoms with Crippen LogP contribution >= 0.6 is 0 Å². The molecule has 0 saturated heterocycles. The number of azide groups is 1. The summed E-state index contributed by atoms with van der Waals surface area (Å²) in [7, 11) is 0. The summed E-state index contributed by atoms with van der Waals surface area (Å²) in [5.74, 6) is -0.0472. The summed E-state index contributed by atoms with van der Waals surface area (Å²) in [5, 5.41) is 8.92. The van der Waals surface area contributed by atoms with Gasteiger partial charge >= 0.3 is 0 Å². The van der Waals surface area contributed by atoms with E-state index in [2.05, 4.69) is 15.1 Å². The summed E-state index contributed by atoms with van der Waals surface area (Å²) in [5.41, 5.74) is 10.2. The summed E-state index contributed by atoms with van der Waals surface area (Å²) >= 11 is 0. The van der Waals surface area contributed by atoms with Crippen LogP contribution in [0.5, 0.6) is 0 Å². The Balaban J connectivity index is 2.28. The van der Waals surface area contributed by atoms with Crippen molar-refractivity contribution in [3.05, 3.63) is 34.7 Å². The molecular formula is C10H9N5O. The standard InChI is InChI=1S/C10H9N5O/c1-7-6-10(16)15(13-7)9-4-2-8(3-5-9)12-14-11/h2-5H,6H2,1H3. The van der Waals surface area contributed by atoms with Crippen LogP contribution in [0.3, 0.4) is 0 Å². The summed E-state index contributed by atoms with van der Waals surface area (Å²) in [6.07, 6.45) is 0.359. The third kappa shape index (κ3) is 1.87. The maximum atomic E-state index is 11.5. The zero-order valence-electron chi connectivity index (χ0n) is 8.66. The number of rotatable bonds is 2. The van der Waals surface area contributed by atoms with Gasteiger partial charge in [-0.1, -0.05) is 17.2 Å². The van der Waals surface area contributed by atoms with E-state index in [0.29, 0.717) is 17.8 Å². The maximum absolute atomic E-state index is 11.5. The fourth-order valence-electron chi connectivity index (χ4n) is 1.47. The number of benzene rings is 1. The molecule has 0 unspecified atom stereocenters. The number of carbonyl (C=O) groups is 1. The molecule has 1 heterocycles. The Bertz CT molecular complexity index is 498. The minimum absolute atomic E-state index is 0.0472. The Kier molecular flexibility index (Phi) is 2.57. The number of amides is 1. The van der Waals surface area contributed by atoms with Gasteiger partial charge in [0, 0.05) is 16.3 Å². The van der Waals surface area contributed by atoms with Gasteiger partial charge in [-0.3, -0.25) is 4.79 Å². The van der Waals surface area contributed by atoms with Gasteiger partial charge < -0.3 is 0 Å². The Labute approximate surface area is 91.8 Å². The molecule has 0 aliphatic carbocycles. The van der Waals surface area contributed by atoms with E-state index in [9.17, 15) is 4.79 Å². The Morgan fingerprint density at radius 3 is 2.62 bits per heavy atom. The van der Waals surface area contributed by atoms with E-state index < -0.39 is 0 Å². The lowest BCUT2D eigenvalue weighted by atomic mass is 10.2. The second-order valence-corrected chi connectivity index (χ2v) is 3.42. The molecule has 16 heavy (non-hydrogen) atoms. The minimum Gasteiger partial charge on any atom is -0.272 e. The molecule has 1 aromatic rings. The lowest BCUT2D eigenvalue weighted by molar-refractivity contribution is -0.116. The highest BCUT2D eigenvalue weighted by molar-refractivity contribution is 6.12. The zero-order valence-corrected chi connectivity index (χ0v) is 8.66. The molecule has 0 fully saturated rings. The smallest absolute Gasteiger partial charge is 0.253 e. The Hall–Kier alpha value is -2.33. The normalized spacial score (nSPS) is 14.7. The van der Waals surface area contributed by atoms with E-state index in [0.717, 1.165) is 5.71 Å². The molecule has 1 aliphatic rings. The van der Waals surface area contributed by atoms with E-state index in [4.69, 9.17) is 5.53 Å². The largest absolute Gasteiger partial charge is 0.272 e. The van der Waals surface area contributed by atoms with Crippen LogP contribution in [0.2, 0.25) is 0 Å². The highest BCUT2D eigenvalue weighted by atomic mass is 16.2. The predicted molar refractivity (Wildman–Crippen MR) is 60.5 cm³/mol. The van der Waals surface area contributed by atoms with Crippen molar-refractivity contribution in [2.75, 3.05) is 5.01 Å². The first kappa shape index (κ1) is 10.2. The molecule has 6 nitrogen and oxygen atoms in total. The molecule has 1 aromatic carbocycles. The van der Waals surface area contributed by atoms with Gasteiger partial charge in [0.1, 0.15) is 0 Å². The molecule has 0 saturated carbocycles. The first-order chi connectivity index (χ1) is 7.70. The number of hydrazone groups is 1. The van der Waals surface area contributed by atoms with Crippen LogP contribution in [0, 0.1) is 0 Å². The molecule has 0 radical (unpaired) electrons. The van der Waals surface area contributed by atoms with Gasteiger partial charge in [0.25, 0.3) is 5.91 Å². The van der Waals surface area contributed by atoms with E-state index >= 15 is 0 Å². The second-order valence-electron chi connectivity index (χ2n) is 3.42. The molecule has 0 spiro atoms. The van der Waals surface area contributed by atoms with Crippen molar-refractivity contribution in [1.82, 2.24) is 0 Å². The molecule has 80 valence electrons. The Morgan fingerprint density at radius 1 is 1.44 bits per heavy atom. The summed E-state index contributed by atoms with van der Waals surface area (Å²) in [6.45, 7) is 1.81. The van der Waals surface area contributed by atoms with Gasteiger partial charge in [-0.25, -0.2) is 5.01 Å². The lowest BCUT2D eigenvalue weighted by Crippen LogP contribution is -2.19. The van der Waals surface area contributed by atoms with E-state index in [1.807, 2.05) is 6.92 Å². The lowest BCUT2D eigenvalue weighted by Gasteiger charge is -2.11. The topological polar surface area (TPSA) is 81.4 Å². The van der Waals surface area contributed by atoms with E-state index in [1.54, 1.807) is 24.3 Å². The van der Waals surface area contributed by atoms with Gasteiger partial charge in [0.2, 0.25) is 0 Å². The molecule has 0 aromatic heterocycles. The zero-order chi connectivity index (χ0) is 11.5. The molecule has 6 heteroatoms. The van der Waals surface area contributed by atoms with Crippen molar-refractivity contribution in [3.63, 3.8) is 0 Å². The monoisotopic (exact) mass is 215 g/mol. The summed E-state index contributed by atoms with van der Waals surface area (Å²) in [4.78, 5) is 14.2. The van der Waals surface area contributed by atoms with Crippen molar-refractivity contribution >= 4 is 23.0 Å². The van der Waals surface area contributed by atoms with Crippen molar-refractivity contribution < 1.29 is 4.79 Å². The molecule has 2 rings (SSSR count). The first-order valence-electron chi connectivity index (χ1n) is 4.73. The number of hydrogen-bond donors (Lipinski definition) is 0. The van der Waals surface area contributed by atoms with Crippen LogP contribution in [0.1, 0.15) is 13.3 Å². The van der Waals surface area contributed by atoms with Crippen molar-refractivity contribution in [2.45, 2.75) is 13.3 Å². The highest BCUT2D eigenvalue weighted by Crippen LogP contribution is 2.23. The third-order valence-corrected chi connectivity index (χ3v) is 2.17. The Morgan fingerprint density at radius 2 is 2.12 bits per heavy atom. The van der Waals surface area contributed by atoms with Crippen molar-refractivity contribution in [1.29, 1.82) is 0 Å². The second kappa shape index (κ2) is 4.04. The summed E-state index contributed by atoms with van der Waals surface area (Å²) < 4.78 is 0. The van der Waals surface area contributed by atoms with Crippen LogP contribution in [-0.2, 0) is 4.79 Å². The number of anilines is 1. The first-order valence-corrected chi connectivity index (χ1v) is 4.73. The number of nitrogens with zero attached hydrogens (tertiary/aromatic N) is 5. The molecule has 0 bridgehead atoms. The average molecular weight is 215 g/mol. The van der Waals surface area contributed by atoms with Crippen molar-refractivity contribution in [3.8, 4) is 0 Å². The van der Waals surface area contributed by atoms with E-state index in [1.165, 1.54) is 5.01 Å². The van der Waals surface area contributed by atoms with Crippen molar-refractivity contribution in [2.24, 2.45) is 10.2 Å². The highest BCUT2D eigenvalue weighted by Gasteiger charge is 2.22. The number of carbonyl (C=O) groups excluding carboxylic acids is 1. The fourth-order valence-corrected chi connectivity index (χ4v) is 1.47. The van der Waals surface area contributed by atoms with Gasteiger partial charge in [-0.2, -0.15) is 5.10 Å². The molecule has 1 amide bonds. The SMILES string of the molecule is CC1=NN(c2ccc(N=[N+]=[N-])cc2)C(=O)C1. The van der Waals surface area contributed by atoms with Crippen LogP contribution in [0.15, 0.2) is 34.5 Å². The van der Waals surface area contributed by atoms with E-state index in [-0.39, 0.29) is 5.91 Å². The predicted octanol–water partition coefficient (Wildman–Crippen LogP) is 2.74. The maximum Gasteiger partial charge on any atom is 0.253 e. The molecule has 0 N–H and O–H groups in total. The van der Waals surface area contributed by atoms with Crippen LogP contribution in [0.25, 0.3) is 10.4 Å². The van der Waals surface area contributed by atoms with Gasteiger partial charge in [-0.15, -0.1) is 0 Å². The summed E-state index contributed by atoms with van der Waals surface area (Å²) in [6, 6.07) is 6.69. The molecular weight excluding hydrogens is 206 g/mol. The third-order valence-electron chi connectivity index (χ3n) is 2.17. The minimum atomic E-state index is -0.0472. The van der Waals surface area contributed by atoms with Crippen LogP contribution in [0.4, 0.5) is 11.4 Å². The molecule has 1 aliphatic heterocycles. The van der Waals surface area contributed by atoms with Gasteiger partial charge in [0.05, 0.1) is 12.1 Å². The van der Waals surface area contributed by atoms with Gasteiger partial charge in [0.15, 0.2) is 0 Å². The van der Waals surface area contributed by atoms with Crippen LogP contribution < -0.4 is 5.01 Å². The van der Waals surface area contributed by atoms with Gasteiger partial charge in [-0.05, 0) is 24.6 Å². The quantitative estimate of drug-likeness (QED) is 0.424.